The van der Waals surface area contributed by atoms with Crippen LogP contribution in [-0.2, 0) is 34.0 Å². The number of amides is 1. The summed E-state index contributed by atoms with van der Waals surface area (Å²) in [5.74, 6) is -5.83. The Kier molecular flexibility index (Phi) is 12.2. The van der Waals surface area contributed by atoms with Crippen LogP contribution in [0.15, 0.2) is 4.34 Å². The van der Waals surface area contributed by atoms with Gasteiger partial charge < -0.3 is 20.4 Å². The maximum atomic E-state index is 12.5. The molecule has 20 heteroatoms. The van der Waals surface area contributed by atoms with Gasteiger partial charge in [-0.3, -0.25) is 44.0 Å². The van der Waals surface area contributed by atoms with E-state index in [4.69, 9.17) is 25.6 Å². The zero-order chi connectivity index (χ0) is 27.5. The molecule has 0 aliphatic carbocycles. The molecule has 0 saturated carbocycles. The molecule has 0 saturated heterocycles. The summed E-state index contributed by atoms with van der Waals surface area (Å²) in [5, 5.41) is 49.8. The fourth-order valence-corrected chi connectivity index (χ4v) is 4.12. The van der Waals surface area contributed by atoms with E-state index in [1.54, 1.807) is 0 Å². The van der Waals surface area contributed by atoms with E-state index in [0.717, 1.165) is 9.80 Å². The number of nitrogens with one attached hydrogen (secondary N) is 1. The van der Waals surface area contributed by atoms with E-state index in [9.17, 15) is 32.4 Å². The number of hydrogen-bond donors (Lipinski definition) is 6. The summed E-state index contributed by atoms with van der Waals surface area (Å²) in [7, 11) is -4.14. The number of hydrogen-bond acceptors (Lipinski definition) is 13. The van der Waals surface area contributed by atoms with Gasteiger partial charge in [0.1, 0.15) is 0 Å². The molecule has 1 heterocycles. The molecule has 0 bridgehead atoms. The van der Waals surface area contributed by atoms with E-state index < -0.39 is 76.9 Å². The van der Waals surface area contributed by atoms with Crippen LogP contribution in [0.1, 0.15) is 0 Å². The summed E-state index contributed by atoms with van der Waals surface area (Å²) >= 11 is 0.496. The second kappa shape index (κ2) is 14.3. The molecular weight excluding hydrogens is 530 g/mol. The van der Waals surface area contributed by atoms with E-state index in [0.29, 0.717) is 11.3 Å². The summed E-state index contributed by atoms with van der Waals surface area (Å²) < 4.78 is 22.1. The van der Waals surface area contributed by atoms with Crippen molar-refractivity contribution in [3.63, 3.8) is 0 Å². The van der Waals surface area contributed by atoms with Gasteiger partial charge in [-0.1, -0.05) is 11.3 Å². The van der Waals surface area contributed by atoms with Crippen LogP contribution in [0.4, 0.5) is 5.13 Å². The van der Waals surface area contributed by atoms with Crippen LogP contribution >= 0.6 is 11.3 Å². The van der Waals surface area contributed by atoms with E-state index >= 15 is 0 Å². The third kappa shape index (κ3) is 13.0. The molecule has 0 radical (unpaired) electrons. The van der Waals surface area contributed by atoms with Crippen molar-refractivity contribution in [1.82, 2.24) is 24.9 Å². The molecule has 0 aliphatic heterocycles. The van der Waals surface area contributed by atoms with Crippen LogP contribution in [0.5, 0.6) is 0 Å². The normalized spacial score (nSPS) is 11.7. The van der Waals surface area contributed by atoms with E-state index in [2.05, 4.69) is 15.5 Å². The Labute approximate surface area is 208 Å². The summed E-state index contributed by atoms with van der Waals surface area (Å²) in [4.78, 5) is 60.1. The van der Waals surface area contributed by atoms with Gasteiger partial charge in [-0.05, 0) is 0 Å². The van der Waals surface area contributed by atoms with Crippen molar-refractivity contribution in [1.29, 1.82) is 0 Å². The third-order valence-electron chi connectivity index (χ3n) is 4.16. The van der Waals surface area contributed by atoms with Crippen LogP contribution in [0.2, 0.25) is 0 Å². The fraction of sp³-hybridized carbons (Fsp3) is 0.562. The maximum absolute atomic E-state index is 12.5. The maximum Gasteiger partial charge on any atom is 0.317 e. The number of aliphatic carboxylic acids is 4. The number of sulfonamides is 1. The molecule has 36 heavy (non-hydrogen) atoms. The van der Waals surface area contributed by atoms with Crippen molar-refractivity contribution in [3.05, 3.63) is 0 Å². The first kappa shape index (κ1) is 30.7. The predicted octanol–water partition coefficient (Wildman–Crippen LogP) is -3.63. The molecule has 0 aliphatic rings. The van der Waals surface area contributed by atoms with Gasteiger partial charge in [-0.25, -0.2) is 13.6 Å². The number of aromatic nitrogens is 2. The minimum absolute atomic E-state index is 0.0550. The number of nitrogens with zero attached hydrogens (tertiary/aromatic N) is 5. The Balaban J connectivity index is 2.94. The summed E-state index contributed by atoms with van der Waals surface area (Å²) in [6, 6.07) is 0. The average Bonchev–Trinajstić information content (AvgIpc) is 3.16. The highest BCUT2D eigenvalue weighted by Crippen LogP contribution is 2.18. The van der Waals surface area contributed by atoms with Crippen LogP contribution in [-0.4, -0.2) is 142 Å². The van der Waals surface area contributed by atoms with Gasteiger partial charge >= 0.3 is 23.9 Å². The Morgan fingerprint density at radius 2 is 1.11 bits per heavy atom. The zero-order valence-corrected chi connectivity index (χ0v) is 20.3. The lowest BCUT2D eigenvalue weighted by Gasteiger charge is -2.27. The lowest BCUT2D eigenvalue weighted by atomic mass is 10.3. The quantitative estimate of drug-likeness (QED) is 0.0953. The molecule has 0 spiro atoms. The average molecular weight is 556 g/mol. The lowest BCUT2D eigenvalue weighted by molar-refractivity contribution is -0.143. The highest BCUT2D eigenvalue weighted by Gasteiger charge is 2.21. The molecule has 18 nitrogen and oxygen atoms in total. The first-order valence-electron chi connectivity index (χ1n) is 9.86. The van der Waals surface area contributed by atoms with E-state index in [1.165, 1.54) is 4.90 Å². The fourth-order valence-electron chi connectivity index (χ4n) is 2.77. The van der Waals surface area contributed by atoms with Gasteiger partial charge in [0.15, 0.2) is 0 Å². The molecule has 0 fully saturated rings. The predicted molar refractivity (Wildman–Crippen MR) is 120 cm³/mol. The number of carboxylic acid groups (broad SMARTS) is 4. The first-order chi connectivity index (χ1) is 16.6. The molecular formula is C16H25N7O11S2. The number of carboxylic acids is 4. The van der Waals surface area contributed by atoms with Crippen molar-refractivity contribution in [2.24, 2.45) is 5.14 Å². The van der Waals surface area contributed by atoms with Crippen LogP contribution < -0.4 is 10.5 Å². The van der Waals surface area contributed by atoms with E-state index in [-0.39, 0.29) is 31.3 Å². The Morgan fingerprint density at radius 3 is 1.44 bits per heavy atom. The van der Waals surface area contributed by atoms with Gasteiger partial charge in [-0.2, -0.15) is 0 Å². The highest BCUT2D eigenvalue weighted by molar-refractivity contribution is 7.91. The smallest absolute Gasteiger partial charge is 0.317 e. The van der Waals surface area contributed by atoms with Crippen LogP contribution in [0.3, 0.4) is 0 Å². The van der Waals surface area contributed by atoms with Crippen LogP contribution in [0, 0.1) is 0 Å². The van der Waals surface area contributed by atoms with Gasteiger partial charge in [0.2, 0.25) is 15.4 Å². The summed E-state index contributed by atoms with van der Waals surface area (Å²) in [5.41, 5.74) is 0. The standard InChI is InChI=1S/C16H25N7O11S2/c17-36(33,34)16-20-19-15(35-16)18-10(24)5-21(1-3-22(6-11(25)26)7-12(27)28)2-4-23(8-13(29)30)9-14(31)32/h1-9H2,(H,25,26)(H,27,28)(H,29,30)(H,31,32)(H2,17,33,34)(H,18,19,24). The second-order valence-electron chi connectivity index (χ2n) is 7.24. The molecule has 0 aromatic carbocycles. The number of nitrogens with two attached hydrogens (primary N) is 1. The molecule has 1 aromatic rings. The van der Waals surface area contributed by atoms with Gasteiger partial charge in [-0.15, -0.1) is 10.2 Å². The SMILES string of the molecule is NS(=O)(=O)c1nnc(NC(=O)CN(CCN(CC(=O)O)CC(=O)O)CCN(CC(=O)O)CC(=O)O)s1. The van der Waals surface area contributed by atoms with Gasteiger partial charge in [0.05, 0.1) is 32.7 Å². The van der Waals surface area contributed by atoms with Crippen molar-refractivity contribution >= 4 is 56.3 Å². The van der Waals surface area contributed by atoms with Crippen LogP contribution in [0.25, 0.3) is 0 Å². The van der Waals surface area contributed by atoms with Crippen molar-refractivity contribution in [3.8, 4) is 0 Å². The Bertz CT molecular complexity index is 991. The van der Waals surface area contributed by atoms with Crippen molar-refractivity contribution < 1.29 is 52.8 Å². The molecule has 202 valence electrons. The molecule has 0 unspecified atom stereocenters. The van der Waals surface area contributed by atoms with Gasteiger partial charge in [0.25, 0.3) is 10.0 Å². The second-order valence-corrected chi connectivity index (χ2v) is 9.95. The Hall–Kier alpha value is -3.30. The minimum atomic E-state index is -4.14. The highest BCUT2D eigenvalue weighted by atomic mass is 32.2. The number of primary sulfonamides is 1. The topological polar surface area (TPSA) is 274 Å². The van der Waals surface area contributed by atoms with Crippen molar-refractivity contribution in [2.75, 3.05) is 64.2 Å². The molecule has 1 rings (SSSR count). The number of rotatable bonds is 18. The largest absolute Gasteiger partial charge is 0.480 e. The minimum Gasteiger partial charge on any atom is -0.480 e. The number of anilines is 1. The zero-order valence-electron chi connectivity index (χ0n) is 18.6. The molecule has 7 N–H and O–H groups in total. The Morgan fingerprint density at radius 1 is 0.722 bits per heavy atom. The van der Waals surface area contributed by atoms with E-state index in [1.807, 2.05) is 0 Å². The lowest BCUT2D eigenvalue weighted by Crippen LogP contribution is -2.46. The molecule has 1 amide bonds. The van der Waals surface area contributed by atoms with Crippen molar-refractivity contribution in [2.45, 2.75) is 4.34 Å². The molecule has 1 aromatic heterocycles. The third-order valence-corrected chi connectivity index (χ3v) is 6.31. The summed E-state index contributed by atoms with van der Waals surface area (Å²) in [6.07, 6.45) is 0. The summed E-state index contributed by atoms with van der Waals surface area (Å²) in [6.45, 7) is -3.13. The van der Waals surface area contributed by atoms with Gasteiger partial charge in [0, 0.05) is 26.2 Å². The monoisotopic (exact) mass is 555 g/mol. The number of carbonyl (C=O) groups excluding carboxylic acids is 1. The first-order valence-corrected chi connectivity index (χ1v) is 12.2. The number of carbonyl (C=O) groups is 5. The molecule has 0 atom stereocenters.